The van der Waals surface area contributed by atoms with Crippen molar-refractivity contribution in [3.8, 4) is 0 Å². The number of alkyl halides is 1. The number of hydrogen-bond acceptors (Lipinski definition) is 2. The van der Waals surface area contributed by atoms with Gasteiger partial charge in [-0.2, -0.15) is 0 Å². The molecule has 0 aliphatic rings. The predicted molar refractivity (Wildman–Crippen MR) is 30.9 cm³/mol. The first kappa shape index (κ1) is 5.63. The fourth-order valence-corrected chi connectivity index (χ4v) is 0.677. The van der Waals surface area contributed by atoms with Gasteiger partial charge in [0.2, 0.25) is 0 Å². The lowest BCUT2D eigenvalue weighted by Crippen LogP contribution is -1.79. The zero-order chi connectivity index (χ0) is 5.82. The Morgan fingerprint density at radius 2 is 2.62 bits per heavy atom. The van der Waals surface area contributed by atoms with Gasteiger partial charge in [-0.15, -0.1) is 11.6 Å². The Hall–Kier alpha value is -0.500. The molecule has 0 saturated heterocycles. The van der Waals surface area contributed by atoms with Crippen molar-refractivity contribution in [3.05, 3.63) is 18.0 Å². The predicted octanol–water partition coefficient (Wildman–Crippen LogP) is 1.46. The van der Waals surface area contributed by atoms with Crippen molar-refractivity contribution in [2.45, 2.75) is 6.42 Å². The quantitative estimate of drug-likeness (QED) is 0.568. The molecule has 0 spiro atoms. The highest BCUT2D eigenvalue weighted by atomic mass is 35.5. The van der Waals surface area contributed by atoms with Gasteiger partial charge >= 0.3 is 0 Å². The second kappa shape index (κ2) is 2.72. The van der Waals surface area contributed by atoms with Crippen LogP contribution in [0.5, 0.6) is 0 Å². The molecule has 2 nitrogen and oxygen atoms in total. The Morgan fingerprint density at radius 3 is 3.12 bits per heavy atom. The third-order valence-corrected chi connectivity index (χ3v) is 1.06. The molecular formula is C5H6ClNO. The van der Waals surface area contributed by atoms with Gasteiger partial charge in [0, 0.05) is 11.4 Å². The minimum absolute atomic E-state index is 0.626. The SMILES string of the molecule is ClCCc1cnoc1. The first-order valence-electron chi connectivity index (χ1n) is 2.37. The highest BCUT2D eigenvalue weighted by molar-refractivity contribution is 6.17. The molecule has 0 aliphatic heterocycles. The zero-order valence-electron chi connectivity index (χ0n) is 4.30. The van der Waals surface area contributed by atoms with Gasteiger partial charge in [-0.1, -0.05) is 5.16 Å². The van der Waals surface area contributed by atoms with Gasteiger partial charge in [-0.25, -0.2) is 0 Å². The van der Waals surface area contributed by atoms with E-state index >= 15 is 0 Å². The summed E-state index contributed by atoms with van der Waals surface area (Å²) in [5, 5.41) is 3.51. The number of aromatic nitrogens is 1. The van der Waals surface area contributed by atoms with Crippen LogP contribution in [0.2, 0.25) is 0 Å². The van der Waals surface area contributed by atoms with Gasteiger partial charge in [0.05, 0.1) is 6.20 Å². The Labute approximate surface area is 52.4 Å². The Kier molecular flexibility index (Phi) is 1.92. The monoisotopic (exact) mass is 131 g/mol. The maximum absolute atomic E-state index is 5.42. The molecule has 1 aromatic rings. The van der Waals surface area contributed by atoms with Crippen LogP contribution in [-0.4, -0.2) is 11.0 Å². The Bertz CT molecular complexity index is 138. The molecule has 0 radical (unpaired) electrons. The van der Waals surface area contributed by atoms with Crippen molar-refractivity contribution < 1.29 is 4.52 Å². The lowest BCUT2D eigenvalue weighted by molar-refractivity contribution is 0.419. The molecule has 0 aliphatic carbocycles. The lowest BCUT2D eigenvalue weighted by atomic mass is 10.3. The average Bonchev–Trinajstić information content (AvgIpc) is 2.19. The minimum atomic E-state index is 0.626. The maximum atomic E-state index is 5.42. The standard InChI is InChI=1S/C5H6ClNO/c6-2-1-5-3-7-8-4-5/h3-4H,1-2H2. The number of halogens is 1. The van der Waals surface area contributed by atoms with Crippen LogP contribution in [-0.2, 0) is 6.42 Å². The molecule has 0 aromatic carbocycles. The second-order valence-corrected chi connectivity index (χ2v) is 1.85. The van der Waals surface area contributed by atoms with Crippen LogP contribution in [0.25, 0.3) is 0 Å². The highest BCUT2D eigenvalue weighted by Gasteiger charge is 1.90. The summed E-state index contributed by atoms with van der Waals surface area (Å²) < 4.78 is 4.56. The van der Waals surface area contributed by atoms with Gasteiger partial charge in [-0.05, 0) is 6.42 Å². The smallest absolute Gasteiger partial charge is 0.127 e. The number of nitrogens with zero attached hydrogens (tertiary/aromatic N) is 1. The largest absolute Gasteiger partial charge is 0.364 e. The van der Waals surface area contributed by atoms with Crippen molar-refractivity contribution in [1.82, 2.24) is 5.16 Å². The summed E-state index contributed by atoms with van der Waals surface area (Å²) in [7, 11) is 0. The molecule has 0 amide bonds. The maximum Gasteiger partial charge on any atom is 0.127 e. The number of hydrogen-bond donors (Lipinski definition) is 0. The van der Waals surface area contributed by atoms with E-state index in [1.54, 1.807) is 12.5 Å². The van der Waals surface area contributed by atoms with E-state index in [1.165, 1.54) is 0 Å². The minimum Gasteiger partial charge on any atom is -0.364 e. The molecule has 44 valence electrons. The molecule has 3 heteroatoms. The van der Waals surface area contributed by atoms with E-state index in [4.69, 9.17) is 11.6 Å². The average molecular weight is 132 g/mol. The molecule has 0 atom stereocenters. The van der Waals surface area contributed by atoms with Crippen LogP contribution in [0.3, 0.4) is 0 Å². The molecule has 0 bridgehead atoms. The molecule has 1 heterocycles. The normalized spacial score (nSPS) is 9.62. The Balaban J connectivity index is 2.50. The fraction of sp³-hybridized carbons (Fsp3) is 0.400. The van der Waals surface area contributed by atoms with Crippen LogP contribution < -0.4 is 0 Å². The van der Waals surface area contributed by atoms with E-state index < -0.39 is 0 Å². The number of aryl methyl sites for hydroxylation is 1. The zero-order valence-corrected chi connectivity index (χ0v) is 5.06. The van der Waals surface area contributed by atoms with E-state index in [-0.39, 0.29) is 0 Å². The topological polar surface area (TPSA) is 26.0 Å². The van der Waals surface area contributed by atoms with Crippen molar-refractivity contribution in [2.75, 3.05) is 5.88 Å². The molecule has 8 heavy (non-hydrogen) atoms. The van der Waals surface area contributed by atoms with Crippen molar-refractivity contribution in [1.29, 1.82) is 0 Å². The summed E-state index contributed by atoms with van der Waals surface area (Å²) in [4.78, 5) is 0. The molecule has 0 fully saturated rings. The molecule has 0 unspecified atom stereocenters. The van der Waals surface area contributed by atoms with Gasteiger partial charge < -0.3 is 4.52 Å². The van der Waals surface area contributed by atoms with Gasteiger partial charge in [-0.3, -0.25) is 0 Å². The van der Waals surface area contributed by atoms with Gasteiger partial charge in [0.25, 0.3) is 0 Å². The van der Waals surface area contributed by atoms with Crippen molar-refractivity contribution in [3.63, 3.8) is 0 Å². The van der Waals surface area contributed by atoms with Crippen LogP contribution in [0.4, 0.5) is 0 Å². The Morgan fingerprint density at radius 1 is 1.75 bits per heavy atom. The molecule has 1 rings (SSSR count). The number of rotatable bonds is 2. The first-order valence-corrected chi connectivity index (χ1v) is 2.91. The van der Waals surface area contributed by atoms with Crippen molar-refractivity contribution >= 4 is 11.6 Å². The van der Waals surface area contributed by atoms with E-state index in [0.717, 1.165) is 12.0 Å². The van der Waals surface area contributed by atoms with E-state index in [1.807, 2.05) is 0 Å². The van der Waals surface area contributed by atoms with Crippen LogP contribution in [0.15, 0.2) is 17.0 Å². The highest BCUT2D eigenvalue weighted by Crippen LogP contribution is 1.97. The molecule has 0 N–H and O–H groups in total. The molecule has 1 aromatic heterocycles. The third-order valence-electron chi connectivity index (χ3n) is 0.867. The summed E-state index contributed by atoms with van der Waals surface area (Å²) in [6, 6.07) is 0. The van der Waals surface area contributed by atoms with E-state index in [9.17, 15) is 0 Å². The van der Waals surface area contributed by atoms with Crippen LogP contribution >= 0.6 is 11.6 Å². The van der Waals surface area contributed by atoms with E-state index in [2.05, 4.69) is 9.68 Å². The van der Waals surface area contributed by atoms with E-state index in [0.29, 0.717) is 5.88 Å². The first-order chi connectivity index (χ1) is 3.93. The summed E-state index contributed by atoms with van der Waals surface area (Å²) in [5.41, 5.74) is 1.06. The van der Waals surface area contributed by atoms with Gasteiger partial charge in [0.1, 0.15) is 6.26 Å². The lowest BCUT2D eigenvalue weighted by Gasteiger charge is -1.81. The molecule has 0 saturated carbocycles. The van der Waals surface area contributed by atoms with Gasteiger partial charge in [0.15, 0.2) is 0 Å². The summed E-state index contributed by atoms with van der Waals surface area (Å²) in [6.07, 6.45) is 4.11. The second-order valence-electron chi connectivity index (χ2n) is 1.47. The summed E-state index contributed by atoms with van der Waals surface area (Å²) >= 11 is 5.42. The fourth-order valence-electron chi connectivity index (χ4n) is 0.459. The molecular weight excluding hydrogens is 126 g/mol. The van der Waals surface area contributed by atoms with Crippen LogP contribution in [0, 0.1) is 0 Å². The van der Waals surface area contributed by atoms with Crippen LogP contribution in [0.1, 0.15) is 5.56 Å². The third kappa shape index (κ3) is 1.23. The summed E-state index contributed by atoms with van der Waals surface area (Å²) in [5.74, 6) is 0.626. The van der Waals surface area contributed by atoms with Crippen molar-refractivity contribution in [2.24, 2.45) is 0 Å². The summed E-state index contributed by atoms with van der Waals surface area (Å²) in [6.45, 7) is 0.